The van der Waals surface area contributed by atoms with Gasteiger partial charge in [0.2, 0.25) is 5.28 Å². The normalized spacial score (nSPS) is 11.7. The zero-order valence-corrected chi connectivity index (χ0v) is 33.4. The molecule has 12 aromatic rings. The highest BCUT2D eigenvalue weighted by molar-refractivity contribution is 6.28. The second-order valence-electron chi connectivity index (χ2n) is 15.4. The fraction of sp³-hybridized carbons (Fsp3) is 0. The van der Waals surface area contributed by atoms with E-state index in [-0.39, 0.29) is 5.28 Å². The number of nitrogens with zero attached hydrogens (tertiary/aromatic N) is 3. The molecule has 0 amide bonds. The van der Waals surface area contributed by atoms with E-state index in [4.69, 9.17) is 21.0 Å². The van der Waals surface area contributed by atoms with Crippen LogP contribution in [0.25, 0.3) is 122 Å². The number of H-pyrrole nitrogens is 1. The van der Waals surface area contributed by atoms with Gasteiger partial charge in [-0.05, 0) is 86.1 Å². The Kier molecular flexibility index (Phi) is 8.15. The third-order valence-corrected chi connectivity index (χ3v) is 12.0. The van der Waals surface area contributed by atoms with E-state index in [1.807, 2.05) is 42.5 Å². The van der Waals surface area contributed by atoms with E-state index < -0.39 is 0 Å². The Labute approximate surface area is 355 Å². The molecule has 0 saturated carbocycles. The minimum atomic E-state index is 0.150. The van der Waals surface area contributed by atoms with Gasteiger partial charge in [-0.25, -0.2) is 4.98 Å². The monoisotopic (exact) mass is 800 g/mol. The van der Waals surface area contributed by atoms with Crippen molar-refractivity contribution in [1.29, 1.82) is 0 Å². The van der Waals surface area contributed by atoms with Gasteiger partial charge in [0.15, 0.2) is 11.6 Å². The Balaban J connectivity index is 0.949. The SMILES string of the molecule is Clc1nc(-c2ccc(-c3ccccc3)cc2)nc(-c2ccc(-c3cccc(-c4cc(-c5cccc6c5[nH]c5ccccc56)cc5c4oc4ccc6ccccc6c45)c3)cc2)n1. The first kappa shape index (κ1) is 35.1. The minimum absolute atomic E-state index is 0.150. The molecule has 0 spiro atoms. The number of rotatable bonds is 6. The van der Waals surface area contributed by atoms with E-state index in [0.717, 1.165) is 88.6 Å². The summed E-state index contributed by atoms with van der Waals surface area (Å²) < 4.78 is 6.82. The molecule has 286 valence electrons. The number of benzene rings is 9. The highest BCUT2D eigenvalue weighted by Gasteiger charge is 2.19. The number of aromatic nitrogens is 4. The molecule has 9 aromatic carbocycles. The maximum atomic E-state index is 6.82. The van der Waals surface area contributed by atoms with Gasteiger partial charge in [0, 0.05) is 49.3 Å². The van der Waals surface area contributed by atoms with Gasteiger partial charge in [-0.15, -0.1) is 0 Å². The average Bonchev–Trinajstić information content (AvgIpc) is 3.91. The summed E-state index contributed by atoms with van der Waals surface area (Å²) in [7, 11) is 0. The van der Waals surface area contributed by atoms with Crippen molar-refractivity contribution in [2.45, 2.75) is 0 Å². The largest absolute Gasteiger partial charge is 0.455 e. The molecule has 0 aliphatic heterocycles. The van der Waals surface area contributed by atoms with Crippen molar-refractivity contribution >= 4 is 66.1 Å². The Bertz CT molecular complexity index is 3650. The first-order valence-corrected chi connectivity index (χ1v) is 20.7. The lowest BCUT2D eigenvalue weighted by molar-refractivity contribution is 0.670. The zero-order valence-electron chi connectivity index (χ0n) is 32.6. The van der Waals surface area contributed by atoms with Crippen molar-refractivity contribution in [3.8, 4) is 67.3 Å². The maximum Gasteiger partial charge on any atom is 0.226 e. The predicted molar refractivity (Wildman–Crippen MR) is 252 cm³/mol. The highest BCUT2D eigenvalue weighted by atomic mass is 35.5. The van der Waals surface area contributed by atoms with Crippen LogP contribution in [0.3, 0.4) is 0 Å². The number of halogens is 1. The van der Waals surface area contributed by atoms with Crippen LogP contribution in [-0.2, 0) is 0 Å². The lowest BCUT2D eigenvalue weighted by atomic mass is 9.92. The first-order chi connectivity index (χ1) is 30.1. The molecule has 0 atom stereocenters. The average molecular weight is 801 g/mol. The topological polar surface area (TPSA) is 67.6 Å². The molecular weight excluding hydrogens is 768 g/mol. The number of para-hydroxylation sites is 2. The standard InChI is InChI=1S/C55H33ClN4O/c56-55-59-53(37-24-20-34(21-25-37)33-10-2-1-3-11-33)58-54(60-55)38-26-22-35(23-27-38)39-13-8-14-40(30-39)46-31-41(43-17-9-18-45-44-16-6-7-19-48(44)57-51(43)45)32-47-50-42-15-5-4-12-36(42)28-29-49(50)61-52(46)47/h1-32,57H. The van der Waals surface area contributed by atoms with E-state index in [1.54, 1.807) is 0 Å². The van der Waals surface area contributed by atoms with Crippen LogP contribution in [-0.4, -0.2) is 19.9 Å². The van der Waals surface area contributed by atoms with E-state index in [1.165, 1.54) is 21.5 Å². The zero-order chi connectivity index (χ0) is 40.4. The Morgan fingerprint density at radius 1 is 0.393 bits per heavy atom. The number of hydrogen-bond donors (Lipinski definition) is 1. The molecule has 0 radical (unpaired) electrons. The molecule has 3 aromatic heterocycles. The maximum absolute atomic E-state index is 6.82. The molecule has 0 fully saturated rings. The van der Waals surface area contributed by atoms with Gasteiger partial charge in [-0.1, -0.05) is 164 Å². The van der Waals surface area contributed by atoms with Gasteiger partial charge in [-0.3, -0.25) is 0 Å². The molecule has 0 aliphatic carbocycles. The van der Waals surface area contributed by atoms with Crippen LogP contribution in [0, 0.1) is 0 Å². The number of hydrogen-bond acceptors (Lipinski definition) is 4. The summed E-state index contributed by atoms with van der Waals surface area (Å²) in [6.07, 6.45) is 0. The van der Waals surface area contributed by atoms with E-state index in [9.17, 15) is 0 Å². The molecule has 0 aliphatic rings. The van der Waals surface area contributed by atoms with Crippen molar-refractivity contribution in [1.82, 2.24) is 19.9 Å². The molecule has 6 heteroatoms. The smallest absolute Gasteiger partial charge is 0.226 e. The Morgan fingerprint density at radius 2 is 1.00 bits per heavy atom. The number of aromatic amines is 1. The summed E-state index contributed by atoms with van der Waals surface area (Å²) in [4.78, 5) is 17.6. The van der Waals surface area contributed by atoms with E-state index in [0.29, 0.717) is 11.6 Å². The quantitative estimate of drug-likeness (QED) is 0.182. The second kappa shape index (κ2) is 14.2. The van der Waals surface area contributed by atoms with Gasteiger partial charge in [-0.2, -0.15) is 9.97 Å². The van der Waals surface area contributed by atoms with Crippen molar-refractivity contribution < 1.29 is 4.42 Å². The number of fused-ring (bicyclic) bond motifs is 8. The van der Waals surface area contributed by atoms with Crippen LogP contribution in [0.1, 0.15) is 0 Å². The molecule has 12 rings (SSSR count). The fourth-order valence-electron chi connectivity index (χ4n) is 8.86. The number of furan rings is 1. The lowest BCUT2D eigenvalue weighted by Crippen LogP contribution is -1.97. The van der Waals surface area contributed by atoms with E-state index >= 15 is 0 Å². The van der Waals surface area contributed by atoms with Gasteiger partial charge in [0.05, 0.1) is 5.52 Å². The molecule has 5 nitrogen and oxygen atoms in total. The number of nitrogens with one attached hydrogen (secondary N) is 1. The molecule has 61 heavy (non-hydrogen) atoms. The van der Waals surface area contributed by atoms with Crippen molar-refractivity contribution in [2.75, 3.05) is 0 Å². The van der Waals surface area contributed by atoms with Crippen LogP contribution in [0.4, 0.5) is 0 Å². The van der Waals surface area contributed by atoms with Crippen molar-refractivity contribution in [3.05, 3.63) is 199 Å². The highest BCUT2D eigenvalue weighted by Crippen LogP contribution is 2.44. The minimum Gasteiger partial charge on any atom is -0.455 e. The molecule has 0 unspecified atom stereocenters. The van der Waals surface area contributed by atoms with Crippen molar-refractivity contribution in [3.63, 3.8) is 0 Å². The van der Waals surface area contributed by atoms with Crippen LogP contribution >= 0.6 is 11.6 Å². The first-order valence-electron chi connectivity index (χ1n) is 20.3. The third kappa shape index (κ3) is 6.05. The van der Waals surface area contributed by atoms with Gasteiger partial charge in [0.25, 0.3) is 0 Å². The molecule has 1 N–H and O–H groups in total. The second-order valence-corrected chi connectivity index (χ2v) is 15.8. The molecule has 3 heterocycles. The molecule has 0 saturated heterocycles. The molecular formula is C55H33ClN4O. The summed E-state index contributed by atoms with van der Waals surface area (Å²) in [6.45, 7) is 0. The third-order valence-electron chi connectivity index (χ3n) is 11.8. The Morgan fingerprint density at radius 3 is 1.79 bits per heavy atom. The van der Waals surface area contributed by atoms with E-state index in [2.05, 4.69) is 167 Å². The molecule has 0 bridgehead atoms. The van der Waals surface area contributed by atoms with Gasteiger partial charge in [0.1, 0.15) is 11.2 Å². The van der Waals surface area contributed by atoms with Crippen LogP contribution in [0.5, 0.6) is 0 Å². The van der Waals surface area contributed by atoms with Gasteiger partial charge < -0.3 is 9.40 Å². The summed E-state index contributed by atoms with van der Waals surface area (Å²) in [6, 6.07) is 67.9. The van der Waals surface area contributed by atoms with Crippen LogP contribution in [0.15, 0.2) is 199 Å². The predicted octanol–water partition coefficient (Wildman–Crippen LogP) is 15.2. The summed E-state index contributed by atoms with van der Waals surface area (Å²) in [5.41, 5.74) is 14.5. The summed E-state index contributed by atoms with van der Waals surface area (Å²) >= 11 is 6.50. The summed E-state index contributed by atoms with van der Waals surface area (Å²) in [5.74, 6) is 1.04. The summed E-state index contributed by atoms with van der Waals surface area (Å²) in [5, 5.41) is 7.13. The Hall–Kier alpha value is -7.86. The fourth-order valence-corrected chi connectivity index (χ4v) is 9.02. The van der Waals surface area contributed by atoms with Gasteiger partial charge >= 0.3 is 0 Å². The lowest BCUT2D eigenvalue weighted by Gasteiger charge is -2.11. The van der Waals surface area contributed by atoms with Crippen LogP contribution < -0.4 is 0 Å². The van der Waals surface area contributed by atoms with Crippen LogP contribution in [0.2, 0.25) is 5.28 Å². The van der Waals surface area contributed by atoms with Crippen molar-refractivity contribution in [2.24, 2.45) is 0 Å².